The van der Waals surface area contributed by atoms with Gasteiger partial charge in [0.25, 0.3) is 0 Å². The number of benzene rings is 1. The smallest absolute Gasteiger partial charge is 0.305 e. The monoisotopic (exact) mass is 317 g/mol. The zero-order valence-corrected chi connectivity index (χ0v) is 12.6. The van der Waals surface area contributed by atoms with Crippen molar-refractivity contribution in [3.63, 3.8) is 0 Å². The Kier molecular flexibility index (Phi) is 4.24. The minimum atomic E-state index is -0.999. The van der Waals surface area contributed by atoms with Gasteiger partial charge >= 0.3 is 5.97 Å². The molecule has 0 unspecified atom stereocenters. The molecule has 22 heavy (non-hydrogen) atoms. The number of aliphatic carboxylic acids is 1. The fourth-order valence-corrected chi connectivity index (χ4v) is 3.46. The summed E-state index contributed by atoms with van der Waals surface area (Å²) in [6.07, 6.45) is 2.71. The minimum Gasteiger partial charge on any atom is -0.481 e. The topological polar surface area (TPSA) is 91.1 Å². The van der Waals surface area contributed by atoms with Crippen LogP contribution in [0.1, 0.15) is 30.4 Å². The molecule has 6 nitrogen and oxygen atoms in total. The maximum atomic E-state index is 11.6. The molecule has 7 heteroatoms. The molecule has 1 aliphatic heterocycles. The lowest BCUT2D eigenvalue weighted by Crippen LogP contribution is -2.26. The zero-order chi connectivity index (χ0) is 15.5. The third-order valence-electron chi connectivity index (χ3n) is 3.59. The molecule has 1 aromatic rings. The van der Waals surface area contributed by atoms with E-state index in [4.69, 9.17) is 5.11 Å². The van der Waals surface area contributed by atoms with E-state index in [0.29, 0.717) is 5.17 Å². The second-order valence-corrected chi connectivity index (χ2v) is 6.35. The van der Waals surface area contributed by atoms with Crippen LogP contribution in [0.15, 0.2) is 34.5 Å². The van der Waals surface area contributed by atoms with Crippen molar-refractivity contribution in [2.75, 3.05) is 0 Å². The summed E-state index contributed by atoms with van der Waals surface area (Å²) in [6.45, 7) is 0. The standard InChI is InChI=1S/C15H15N3O3S/c19-13(20)8-12-14(21)16-15(22-12)18-17-11-7-3-5-9-4-1-2-6-10(9)11/h1-2,4,6,12H,3,5,7-8H2,(H,19,20)(H,16,18,21)/b17-11+/t12-/m1/s1. The van der Waals surface area contributed by atoms with Crippen LogP contribution in [0.3, 0.4) is 0 Å². The number of hydrogen-bond acceptors (Lipinski definition) is 5. The summed E-state index contributed by atoms with van der Waals surface area (Å²) < 4.78 is 0. The van der Waals surface area contributed by atoms with Crippen LogP contribution < -0.4 is 5.32 Å². The van der Waals surface area contributed by atoms with Crippen molar-refractivity contribution in [2.45, 2.75) is 30.9 Å². The Labute approximate surface area is 131 Å². The molecule has 0 bridgehead atoms. The lowest BCUT2D eigenvalue weighted by atomic mass is 9.90. The van der Waals surface area contributed by atoms with Crippen molar-refractivity contribution in [3.05, 3.63) is 35.4 Å². The molecular formula is C15H15N3O3S. The van der Waals surface area contributed by atoms with E-state index in [1.807, 2.05) is 18.2 Å². The first-order chi connectivity index (χ1) is 10.6. The third kappa shape index (κ3) is 3.19. The summed E-state index contributed by atoms with van der Waals surface area (Å²) >= 11 is 1.12. The summed E-state index contributed by atoms with van der Waals surface area (Å²) in [6, 6.07) is 8.10. The number of carboxylic acids is 1. The first-order valence-electron chi connectivity index (χ1n) is 7.05. The van der Waals surface area contributed by atoms with Crippen LogP contribution in [-0.4, -0.2) is 33.1 Å². The van der Waals surface area contributed by atoms with Gasteiger partial charge in [0.2, 0.25) is 5.91 Å². The van der Waals surface area contributed by atoms with E-state index < -0.39 is 11.2 Å². The van der Waals surface area contributed by atoms with Crippen LogP contribution >= 0.6 is 11.8 Å². The molecule has 1 aromatic carbocycles. The number of carbonyl (C=O) groups excluding carboxylic acids is 1. The maximum Gasteiger partial charge on any atom is 0.305 e. The number of nitrogens with one attached hydrogen (secondary N) is 1. The van der Waals surface area contributed by atoms with E-state index in [-0.39, 0.29) is 12.3 Å². The number of carbonyl (C=O) groups is 2. The van der Waals surface area contributed by atoms with Crippen LogP contribution in [0.2, 0.25) is 0 Å². The minimum absolute atomic E-state index is 0.213. The van der Waals surface area contributed by atoms with Crippen molar-refractivity contribution < 1.29 is 14.7 Å². The van der Waals surface area contributed by atoms with E-state index in [1.165, 1.54) is 5.56 Å². The number of amidine groups is 1. The molecule has 2 aliphatic rings. The van der Waals surface area contributed by atoms with Gasteiger partial charge in [0.05, 0.1) is 12.1 Å². The SMILES string of the molecule is O=C(O)C[C@H]1SC(=N/N=C2\CCCc3ccccc32)NC1=O. The number of thioether (sulfide) groups is 1. The van der Waals surface area contributed by atoms with Crippen LogP contribution in [0.4, 0.5) is 0 Å². The fraction of sp³-hybridized carbons (Fsp3) is 0.333. The summed E-state index contributed by atoms with van der Waals surface area (Å²) in [5.41, 5.74) is 3.28. The molecule has 1 fully saturated rings. The molecule has 0 aromatic heterocycles. The van der Waals surface area contributed by atoms with Crippen molar-refractivity contribution in [3.8, 4) is 0 Å². The predicted octanol–water partition coefficient (Wildman–Crippen LogP) is 1.79. The van der Waals surface area contributed by atoms with Crippen LogP contribution in [0.25, 0.3) is 0 Å². The molecular weight excluding hydrogens is 302 g/mol. The van der Waals surface area contributed by atoms with Crippen LogP contribution in [-0.2, 0) is 16.0 Å². The van der Waals surface area contributed by atoms with Gasteiger partial charge in [-0.2, -0.15) is 5.10 Å². The summed E-state index contributed by atoms with van der Waals surface area (Å²) in [7, 11) is 0. The number of amides is 1. The van der Waals surface area contributed by atoms with Gasteiger partial charge in [0, 0.05) is 5.56 Å². The quantitative estimate of drug-likeness (QED) is 0.832. The lowest BCUT2D eigenvalue weighted by molar-refractivity contribution is -0.138. The van der Waals surface area contributed by atoms with E-state index in [0.717, 1.165) is 42.3 Å². The number of fused-ring (bicyclic) bond motifs is 1. The highest BCUT2D eigenvalue weighted by atomic mass is 32.2. The van der Waals surface area contributed by atoms with Gasteiger partial charge < -0.3 is 10.4 Å². The average Bonchev–Trinajstić information content (AvgIpc) is 2.84. The average molecular weight is 317 g/mol. The first kappa shape index (κ1) is 14.8. The van der Waals surface area contributed by atoms with Gasteiger partial charge in [-0.25, -0.2) is 0 Å². The highest BCUT2D eigenvalue weighted by Gasteiger charge is 2.32. The molecule has 0 spiro atoms. The summed E-state index contributed by atoms with van der Waals surface area (Å²) in [5, 5.41) is 19.4. The second-order valence-electron chi connectivity index (χ2n) is 5.16. The molecule has 0 radical (unpaired) electrons. The molecule has 1 heterocycles. The van der Waals surface area contributed by atoms with Gasteiger partial charge in [0.15, 0.2) is 5.17 Å². The number of rotatable bonds is 3. The van der Waals surface area contributed by atoms with E-state index >= 15 is 0 Å². The van der Waals surface area contributed by atoms with Crippen LogP contribution in [0, 0.1) is 0 Å². The molecule has 1 amide bonds. The van der Waals surface area contributed by atoms with Crippen molar-refractivity contribution in [1.29, 1.82) is 0 Å². The van der Waals surface area contributed by atoms with Crippen molar-refractivity contribution in [1.82, 2.24) is 5.32 Å². The highest BCUT2D eigenvalue weighted by molar-refractivity contribution is 8.15. The van der Waals surface area contributed by atoms with Gasteiger partial charge in [0.1, 0.15) is 5.25 Å². The normalized spacial score (nSPS) is 24.4. The van der Waals surface area contributed by atoms with E-state index in [1.54, 1.807) is 0 Å². The van der Waals surface area contributed by atoms with Gasteiger partial charge in [-0.1, -0.05) is 36.0 Å². The number of aryl methyl sites for hydroxylation is 1. The number of carboxylic acid groups (broad SMARTS) is 1. The third-order valence-corrected chi connectivity index (χ3v) is 4.66. The Bertz CT molecular complexity index is 684. The van der Waals surface area contributed by atoms with E-state index in [2.05, 4.69) is 21.6 Å². The molecule has 0 saturated carbocycles. The van der Waals surface area contributed by atoms with Crippen molar-refractivity contribution >= 4 is 34.5 Å². The lowest BCUT2D eigenvalue weighted by Gasteiger charge is -2.16. The Morgan fingerprint density at radius 2 is 2.14 bits per heavy atom. The summed E-state index contributed by atoms with van der Waals surface area (Å²) in [5.74, 6) is -1.32. The number of hydrogen-bond donors (Lipinski definition) is 2. The van der Waals surface area contributed by atoms with Gasteiger partial charge in [-0.15, -0.1) is 5.10 Å². The van der Waals surface area contributed by atoms with Crippen molar-refractivity contribution in [2.24, 2.45) is 10.2 Å². The molecule has 1 atom stereocenters. The molecule has 114 valence electrons. The molecule has 1 aliphatic carbocycles. The van der Waals surface area contributed by atoms with E-state index in [9.17, 15) is 9.59 Å². The molecule has 3 rings (SSSR count). The predicted molar refractivity (Wildman–Crippen MR) is 85.1 cm³/mol. The maximum absolute atomic E-state index is 11.6. The Morgan fingerprint density at radius 3 is 2.95 bits per heavy atom. The van der Waals surface area contributed by atoms with Gasteiger partial charge in [-0.3, -0.25) is 9.59 Å². The Hall–Kier alpha value is -2.15. The van der Waals surface area contributed by atoms with Crippen LogP contribution in [0.5, 0.6) is 0 Å². The highest BCUT2D eigenvalue weighted by Crippen LogP contribution is 2.24. The zero-order valence-electron chi connectivity index (χ0n) is 11.8. The largest absolute Gasteiger partial charge is 0.481 e. The fourth-order valence-electron chi connectivity index (χ4n) is 2.56. The summed E-state index contributed by atoms with van der Waals surface area (Å²) in [4.78, 5) is 22.3. The Morgan fingerprint density at radius 1 is 1.32 bits per heavy atom. The van der Waals surface area contributed by atoms with Gasteiger partial charge in [-0.05, 0) is 24.8 Å². The second kappa shape index (κ2) is 6.31. The number of nitrogens with zero attached hydrogens (tertiary/aromatic N) is 2. The first-order valence-corrected chi connectivity index (χ1v) is 7.93. The molecule has 2 N–H and O–H groups in total. The Balaban J connectivity index is 1.77. The molecule has 1 saturated heterocycles.